The number of rotatable bonds is 6. The molecule has 1 aromatic rings. The van der Waals surface area contributed by atoms with Gasteiger partial charge in [-0.05, 0) is 26.0 Å². The summed E-state index contributed by atoms with van der Waals surface area (Å²) >= 11 is 0. The average molecular weight is 311 g/mol. The smallest absolute Gasteiger partial charge is 0.422 e. The second-order valence-electron chi connectivity index (χ2n) is 4.38. The molecule has 0 aliphatic rings. The van der Waals surface area contributed by atoms with Crippen molar-refractivity contribution >= 4 is 22.0 Å². The quantitative estimate of drug-likeness (QED) is 0.863. The summed E-state index contributed by atoms with van der Waals surface area (Å²) in [6.45, 7) is 3.15. The van der Waals surface area contributed by atoms with Crippen LogP contribution in [0, 0.1) is 11.3 Å². The van der Waals surface area contributed by atoms with Crippen LogP contribution in [0.4, 0.5) is 10.5 Å². The number of hydrogen-bond donors (Lipinski definition) is 1. The molecule has 0 spiro atoms. The first-order valence-corrected chi connectivity index (χ1v) is 7.74. The van der Waals surface area contributed by atoms with Gasteiger partial charge in [-0.3, -0.25) is 4.31 Å². The van der Waals surface area contributed by atoms with Crippen molar-refractivity contribution in [1.82, 2.24) is 4.72 Å². The molecule has 1 N–H and O–H groups in total. The van der Waals surface area contributed by atoms with E-state index in [1.807, 2.05) is 10.8 Å². The molecule has 0 unspecified atom stereocenters. The van der Waals surface area contributed by atoms with Crippen LogP contribution in [0.1, 0.15) is 20.3 Å². The Morgan fingerprint density at radius 2 is 2.00 bits per heavy atom. The van der Waals surface area contributed by atoms with Gasteiger partial charge in [0.2, 0.25) is 0 Å². The molecule has 1 rings (SSSR count). The fourth-order valence-corrected chi connectivity index (χ4v) is 2.63. The van der Waals surface area contributed by atoms with Crippen LogP contribution in [0.3, 0.4) is 0 Å². The van der Waals surface area contributed by atoms with Gasteiger partial charge in [-0.15, -0.1) is 0 Å². The molecule has 0 saturated heterocycles. The molecular formula is C13H17N3O4S. The summed E-state index contributed by atoms with van der Waals surface area (Å²) in [5.41, 5.74) is 0.359. The van der Waals surface area contributed by atoms with Crippen molar-refractivity contribution in [3.63, 3.8) is 0 Å². The van der Waals surface area contributed by atoms with E-state index in [9.17, 15) is 13.2 Å². The molecule has 7 nitrogen and oxygen atoms in total. The van der Waals surface area contributed by atoms with Gasteiger partial charge < -0.3 is 4.74 Å². The summed E-state index contributed by atoms with van der Waals surface area (Å²) in [5, 5.41) is 8.65. The number of nitrogens with zero attached hydrogens (tertiary/aromatic N) is 2. The predicted molar refractivity (Wildman–Crippen MR) is 77.7 cm³/mol. The second-order valence-corrected chi connectivity index (χ2v) is 5.97. The number of benzene rings is 1. The van der Waals surface area contributed by atoms with E-state index in [-0.39, 0.29) is 13.0 Å². The van der Waals surface area contributed by atoms with Gasteiger partial charge >= 0.3 is 16.3 Å². The Morgan fingerprint density at radius 3 is 2.52 bits per heavy atom. The van der Waals surface area contributed by atoms with Gasteiger partial charge in [0.15, 0.2) is 0 Å². The van der Waals surface area contributed by atoms with Crippen LogP contribution in [0.15, 0.2) is 30.3 Å². The third-order valence-corrected chi connectivity index (χ3v) is 3.71. The maximum absolute atomic E-state index is 12.2. The largest absolute Gasteiger partial charge is 0.446 e. The zero-order chi connectivity index (χ0) is 15.9. The molecule has 0 saturated carbocycles. The van der Waals surface area contributed by atoms with E-state index in [2.05, 4.69) is 0 Å². The van der Waals surface area contributed by atoms with Crippen LogP contribution in [0.25, 0.3) is 0 Å². The van der Waals surface area contributed by atoms with Gasteiger partial charge in [0, 0.05) is 6.54 Å². The maximum atomic E-state index is 12.2. The SMILES string of the molecule is CC(C)OC(=O)NS(=O)(=O)N(CCC#N)c1ccccc1. The van der Waals surface area contributed by atoms with Gasteiger partial charge in [0.05, 0.1) is 24.3 Å². The van der Waals surface area contributed by atoms with E-state index in [0.29, 0.717) is 5.69 Å². The standard InChI is InChI=1S/C13H17N3O4S/c1-11(2)20-13(17)15-21(18,19)16(10-6-9-14)12-7-4-3-5-8-12/h3-5,7-8,11H,6,10H2,1-2H3,(H,15,17). The number of carbonyl (C=O) groups excluding carboxylic acids is 1. The first-order chi connectivity index (χ1) is 9.86. The number of nitriles is 1. The molecule has 0 bridgehead atoms. The van der Waals surface area contributed by atoms with Crippen LogP contribution in [-0.4, -0.2) is 27.2 Å². The highest BCUT2D eigenvalue weighted by atomic mass is 32.2. The van der Waals surface area contributed by atoms with E-state index in [1.54, 1.807) is 44.2 Å². The van der Waals surface area contributed by atoms with Crippen LogP contribution in [-0.2, 0) is 14.9 Å². The van der Waals surface area contributed by atoms with Gasteiger partial charge in [-0.1, -0.05) is 18.2 Å². The lowest BCUT2D eigenvalue weighted by molar-refractivity contribution is 0.121. The summed E-state index contributed by atoms with van der Waals surface area (Å²) in [7, 11) is -4.13. The Labute approximate surface area is 124 Å². The summed E-state index contributed by atoms with van der Waals surface area (Å²) in [5.74, 6) is 0. The van der Waals surface area contributed by atoms with Crippen molar-refractivity contribution in [3.8, 4) is 6.07 Å². The first-order valence-electron chi connectivity index (χ1n) is 6.30. The van der Waals surface area contributed by atoms with Crippen LogP contribution >= 0.6 is 0 Å². The highest BCUT2D eigenvalue weighted by Gasteiger charge is 2.25. The number of anilines is 1. The fourth-order valence-electron chi connectivity index (χ4n) is 1.53. The lowest BCUT2D eigenvalue weighted by Gasteiger charge is -2.23. The van der Waals surface area contributed by atoms with E-state index < -0.39 is 22.4 Å². The molecule has 1 amide bonds. The molecule has 0 aromatic heterocycles. The highest BCUT2D eigenvalue weighted by molar-refractivity contribution is 7.91. The zero-order valence-corrected chi connectivity index (χ0v) is 12.6. The summed E-state index contributed by atoms with van der Waals surface area (Å²) in [6.07, 6.45) is -1.50. The van der Waals surface area contributed by atoms with E-state index in [1.165, 1.54) is 0 Å². The number of nitrogens with one attached hydrogen (secondary N) is 1. The minimum Gasteiger partial charge on any atom is -0.446 e. The maximum Gasteiger partial charge on any atom is 0.422 e. The summed E-state index contributed by atoms with van der Waals surface area (Å²) in [6, 6.07) is 10.1. The van der Waals surface area contributed by atoms with Gasteiger partial charge in [-0.25, -0.2) is 9.52 Å². The van der Waals surface area contributed by atoms with Gasteiger partial charge in [0.25, 0.3) is 0 Å². The zero-order valence-electron chi connectivity index (χ0n) is 11.8. The third kappa shape index (κ3) is 5.31. The third-order valence-electron chi connectivity index (χ3n) is 2.32. The molecule has 0 atom stereocenters. The lowest BCUT2D eigenvalue weighted by Crippen LogP contribution is -2.44. The molecule has 0 heterocycles. The van der Waals surface area contributed by atoms with E-state index >= 15 is 0 Å². The molecule has 0 radical (unpaired) electrons. The average Bonchev–Trinajstić information content (AvgIpc) is 2.38. The van der Waals surface area contributed by atoms with Crippen molar-refractivity contribution in [3.05, 3.63) is 30.3 Å². The van der Waals surface area contributed by atoms with Crippen molar-refractivity contribution < 1.29 is 17.9 Å². The number of para-hydroxylation sites is 1. The highest BCUT2D eigenvalue weighted by Crippen LogP contribution is 2.17. The minimum absolute atomic E-state index is 0.00493. The normalized spacial score (nSPS) is 10.8. The molecule has 0 aliphatic carbocycles. The molecule has 0 fully saturated rings. The van der Waals surface area contributed by atoms with Crippen LogP contribution in [0.5, 0.6) is 0 Å². The Kier molecular flexibility index (Phi) is 5.99. The Balaban J connectivity index is 2.97. The topological polar surface area (TPSA) is 99.5 Å². The molecule has 21 heavy (non-hydrogen) atoms. The van der Waals surface area contributed by atoms with Crippen LogP contribution < -0.4 is 9.03 Å². The lowest BCUT2D eigenvalue weighted by atomic mass is 10.3. The number of carbonyl (C=O) groups is 1. The molecule has 8 heteroatoms. The Hall–Kier alpha value is -2.27. The molecule has 114 valence electrons. The van der Waals surface area contributed by atoms with E-state index in [0.717, 1.165) is 4.31 Å². The minimum atomic E-state index is -4.13. The number of ether oxygens (including phenoxy) is 1. The van der Waals surface area contributed by atoms with Crippen LogP contribution in [0.2, 0.25) is 0 Å². The van der Waals surface area contributed by atoms with Crippen molar-refractivity contribution in [2.24, 2.45) is 0 Å². The molecule has 0 aliphatic heterocycles. The van der Waals surface area contributed by atoms with Crippen molar-refractivity contribution in [2.45, 2.75) is 26.4 Å². The fraction of sp³-hybridized carbons (Fsp3) is 0.385. The Morgan fingerprint density at radius 1 is 1.38 bits per heavy atom. The summed E-state index contributed by atoms with van der Waals surface area (Å²) in [4.78, 5) is 11.5. The molecule has 1 aromatic carbocycles. The summed E-state index contributed by atoms with van der Waals surface area (Å²) < 4.78 is 32.0. The predicted octanol–water partition coefficient (Wildman–Crippen LogP) is 1.79. The van der Waals surface area contributed by atoms with Crippen molar-refractivity contribution in [1.29, 1.82) is 5.26 Å². The number of hydrogen-bond acceptors (Lipinski definition) is 5. The number of amides is 1. The molecular weight excluding hydrogens is 294 g/mol. The van der Waals surface area contributed by atoms with E-state index in [4.69, 9.17) is 10.00 Å². The second kappa shape index (κ2) is 7.50. The Bertz CT molecular complexity index is 608. The van der Waals surface area contributed by atoms with Crippen molar-refractivity contribution in [2.75, 3.05) is 10.8 Å². The first kappa shape index (κ1) is 16.8. The van der Waals surface area contributed by atoms with Gasteiger partial charge in [-0.2, -0.15) is 13.7 Å². The monoisotopic (exact) mass is 311 g/mol. The van der Waals surface area contributed by atoms with Gasteiger partial charge in [0.1, 0.15) is 0 Å².